The topological polar surface area (TPSA) is 63.6 Å². The Hall–Kier alpha value is -1.06. The third-order valence-corrected chi connectivity index (χ3v) is 7.03. The van der Waals surface area contributed by atoms with E-state index < -0.39 is 5.97 Å². The van der Waals surface area contributed by atoms with E-state index in [1.807, 2.05) is 0 Å². The summed E-state index contributed by atoms with van der Waals surface area (Å²) in [5.41, 5.74) is 0. The van der Waals surface area contributed by atoms with Crippen LogP contribution in [0.4, 0.5) is 0 Å². The maximum absolute atomic E-state index is 11.8. The van der Waals surface area contributed by atoms with E-state index in [1.54, 1.807) is 0 Å². The molecule has 0 rings (SSSR count). The van der Waals surface area contributed by atoms with Gasteiger partial charge >= 0.3 is 11.9 Å². The quantitative estimate of drug-likeness (QED) is 0.0826. The number of hydrogen-bond acceptors (Lipinski definition) is 3. The zero-order valence-electron chi connectivity index (χ0n) is 23.5. The highest BCUT2D eigenvalue weighted by atomic mass is 16.5. The summed E-state index contributed by atoms with van der Waals surface area (Å²) in [6.07, 6.45) is 32.4. The van der Waals surface area contributed by atoms with Crippen LogP contribution in [0.15, 0.2) is 0 Å². The molecular weight excluding hydrogens is 436 g/mol. The van der Waals surface area contributed by atoms with Gasteiger partial charge in [0.05, 0.1) is 6.61 Å². The standard InChI is InChI=1S/C31H60O4/c1-2-3-4-5-6-7-8-9-13-16-19-22-25-28-31(34)35-29-26-23-20-17-14-11-10-12-15-18-21-24-27-30(32)33/h2-29H2,1H3,(H,32,33). The molecule has 0 saturated heterocycles. The SMILES string of the molecule is CCCCCCCCCCCCCCCC(=O)OCCCCCCCCCCCCCCC(=O)O. The predicted molar refractivity (Wildman–Crippen MR) is 149 cm³/mol. The van der Waals surface area contributed by atoms with Gasteiger partial charge < -0.3 is 9.84 Å². The Balaban J connectivity index is 3.15. The molecular formula is C31H60O4. The number of carbonyl (C=O) groups is 2. The average Bonchev–Trinajstić information content (AvgIpc) is 2.84. The molecule has 0 aromatic carbocycles. The van der Waals surface area contributed by atoms with Crippen LogP contribution in [-0.2, 0) is 14.3 Å². The lowest BCUT2D eigenvalue weighted by molar-refractivity contribution is -0.144. The van der Waals surface area contributed by atoms with Crippen molar-refractivity contribution in [3.05, 3.63) is 0 Å². The number of unbranched alkanes of at least 4 members (excludes halogenated alkanes) is 23. The van der Waals surface area contributed by atoms with Crippen LogP contribution in [0, 0.1) is 0 Å². The summed E-state index contributed by atoms with van der Waals surface area (Å²) in [7, 11) is 0. The first kappa shape index (κ1) is 33.9. The Kier molecular flexibility index (Phi) is 28.3. The van der Waals surface area contributed by atoms with Gasteiger partial charge in [0.25, 0.3) is 0 Å². The molecule has 1 N–H and O–H groups in total. The van der Waals surface area contributed by atoms with Crippen LogP contribution < -0.4 is 0 Å². The van der Waals surface area contributed by atoms with Gasteiger partial charge in [-0.15, -0.1) is 0 Å². The first-order valence-corrected chi connectivity index (χ1v) is 15.5. The van der Waals surface area contributed by atoms with Crippen LogP contribution in [0.2, 0.25) is 0 Å². The molecule has 0 fully saturated rings. The molecule has 0 spiro atoms. The zero-order chi connectivity index (χ0) is 25.7. The monoisotopic (exact) mass is 496 g/mol. The largest absolute Gasteiger partial charge is 0.481 e. The number of carbonyl (C=O) groups excluding carboxylic acids is 1. The van der Waals surface area contributed by atoms with Gasteiger partial charge in [-0.05, 0) is 19.3 Å². The van der Waals surface area contributed by atoms with Crippen molar-refractivity contribution in [3.8, 4) is 0 Å². The average molecular weight is 497 g/mol. The third kappa shape index (κ3) is 30.9. The van der Waals surface area contributed by atoms with E-state index >= 15 is 0 Å². The Morgan fingerprint density at radius 1 is 0.457 bits per heavy atom. The van der Waals surface area contributed by atoms with Gasteiger partial charge in [-0.2, -0.15) is 0 Å². The first-order chi connectivity index (χ1) is 17.2. The van der Waals surface area contributed by atoms with E-state index in [4.69, 9.17) is 9.84 Å². The maximum atomic E-state index is 11.8. The summed E-state index contributed by atoms with van der Waals surface area (Å²) < 4.78 is 5.39. The van der Waals surface area contributed by atoms with Gasteiger partial charge in [0.2, 0.25) is 0 Å². The van der Waals surface area contributed by atoms with E-state index in [0.717, 1.165) is 38.5 Å². The highest BCUT2D eigenvalue weighted by Crippen LogP contribution is 2.14. The molecule has 0 atom stereocenters. The molecule has 35 heavy (non-hydrogen) atoms. The lowest BCUT2D eigenvalue weighted by Gasteiger charge is -2.06. The van der Waals surface area contributed by atoms with Crippen molar-refractivity contribution >= 4 is 11.9 Å². The fourth-order valence-electron chi connectivity index (χ4n) is 4.69. The lowest BCUT2D eigenvalue weighted by atomic mass is 10.0. The molecule has 0 unspecified atom stereocenters. The Bertz CT molecular complexity index is 449. The highest BCUT2D eigenvalue weighted by molar-refractivity contribution is 5.69. The number of ether oxygens (including phenoxy) is 1. The zero-order valence-corrected chi connectivity index (χ0v) is 23.5. The van der Waals surface area contributed by atoms with Crippen molar-refractivity contribution in [3.63, 3.8) is 0 Å². The summed E-state index contributed by atoms with van der Waals surface area (Å²) in [4.78, 5) is 22.3. The minimum Gasteiger partial charge on any atom is -0.481 e. The second kappa shape index (κ2) is 29.2. The summed E-state index contributed by atoms with van der Waals surface area (Å²) in [5, 5.41) is 8.60. The smallest absolute Gasteiger partial charge is 0.305 e. The number of carboxylic acid groups (broad SMARTS) is 1. The second-order valence-corrected chi connectivity index (χ2v) is 10.6. The maximum Gasteiger partial charge on any atom is 0.305 e. The number of aliphatic carboxylic acids is 1. The molecule has 0 aliphatic carbocycles. The molecule has 0 aromatic heterocycles. The highest BCUT2D eigenvalue weighted by Gasteiger charge is 2.03. The van der Waals surface area contributed by atoms with Gasteiger partial charge in [0.1, 0.15) is 0 Å². The number of esters is 1. The van der Waals surface area contributed by atoms with Crippen molar-refractivity contribution in [1.29, 1.82) is 0 Å². The predicted octanol–water partition coefficient (Wildman–Crippen LogP) is 10.2. The Morgan fingerprint density at radius 2 is 0.771 bits per heavy atom. The molecule has 208 valence electrons. The number of carboxylic acids is 1. The van der Waals surface area contributed by atoms with Gasteiger partial charge in [0.15, 0.2) is 0 Å². The van der Waals surface area contributed by atoms with Gasteiger partial charge in [-0.25, -0.2) is 0 Å². The Labute approximate surface area is 218 Å². The Morgan fingerprint density at radius 3 is 1.14 bits per heavy atom. The molecule has 0 heterocycles. The lowest BCUT2D eigenvalue weighted by Crippen LogP contribution is -2.05. The molecule has 0 bridgehead atoms. The van der Waals surface area contributed by atoms with E-state index in [2.05, 4.69) is 6.92 Å². The molecule has 0 aliphatic rings. The summed E-state index contributed by atoms with van der Waals surface area (Å²) >= 11 is 0. The molecule has 4 nitrogen and oxygen atoms in total. The van der Waals surface area contributed by atoms with E-state index in [-0.39, 0.29) is 5.97 Å². The molecule has 4 heteroatoms. The fraction of sp³-hybridized carbons (Fsp3) is 0.935. The summed E-state index contributed by atoms with van der Waals surface area (Å²) in [6.45, 7) is 2.87. The van der Waals surface area contributed by atoms with Crippen LogP contribution in [0.1, 0.15) is 180 Å². The number of rotatable bonds is 29. The fourth-order valence-corrected chi connectivity index (χ4v) is 4.69. The van der Waals surface area contributed by atoms with Crippen molar-refractivity contribution in [2.75, 3.05) is 6.61 Å². The van der Waals surface area contributed by atoms with Gasteiger partial charge in [0, 0.05) is 12.8 Å². The van der Waals surface area contributed by atoms with E-state index in [0.29, 0.717) is 19.4 Å². The van der Waals surface area contributed by atoms with Crippen molar-refractivity contribution in [2.24, 2.45) is 0 Å². The van der Waals surface area contributed by atoms with Crippen LogP contribution in [-0.4, -0.2) is 23.7 Å². The van der Waals surface area contributed by atoms with Crippen LogP contribution in [0.3, 0.4) is 0 Å². The summed E-state index contributed by atoms with van der Waals surface area (Å²) in [5.74, 6) is -0.677. The molecule has 0 saturated carbocycles. The third-order valence-electron chi connectivity index (χ3n) is 7.03. The van der Waals surface area contributed by atoms with E-state index in [1.165, 1.54) is 122 Å². The molecule has 0 amide bonds. The van der Waals surface area contributed by atoms with E-state index in [9.17, 15) is 9.59 Å². The molecule has 0 radical (unpaired) electrons. The van der Waals surface area contributed by atoms with Crippen molar-refractivity contribution in [1.82, 2.24) is 0 Å². The summed E-state index contributed by atoms with van der Waals surface area (Å²) in [6, 6.07) is 0. The van der Waals surface area contributed by atoms with Crippen LogP contribution >= 0.6 is 0 Å². The van der Waals surface area contributed by atoms with Crippen LogP contribution in [0.25, 0.3) is 0 Å². The minimum atomic E-state index is -0.673. The molecule has 0 aliphatic heterocycles. The van der Waals surface area contributed by atoms with Crippen molar-refractivity contribution < 1.29 is 19.4 Å². The van der Waals surface area contributed by atoms with Gasteiger partial charge in [-0.3, -0.25) is 9.59 Å². The van der Waals surface area contributed by atoms with Gasteiger partial charge in [-0.1, -0.05) is 148 Å². The van der Waals surface area contributed by atoms with Crippen molar-refractivity contribution in [2.45, 2.75) is 180 Å². The molecule has 0 aromatic rings. The number of hydrogen-bond donors (Lipinski definition) is 1. The minimum absolute atomic E-state index is 0.00367. The normalized spacial score (nSPS) is 11.1. The first-order valence-electron chi connectivity index (χ1n) is 15.5. The van der Waals surface area contributed by atoms with Crippen LogP contribution in [0.5, 0.6) is 0 Å². The second-order valence-electron chi connectivity index (χ2n) is 10.6.